The largest absolute Gasteiger partial charge is 0.341 e. The van der Waals surface area contributed by atoms with Gasteiger partial charge in [-0.05, 0) is 48.7 Å². The minimum Gasteiger partial charge on any atom is -0.341 e. The van der Waals surface area contributed by atoms with Gasteiger partial charge in [-0.1, -0.05) is 28.1 Å². The average molecular weight is 449 g/mol. The van der Waals surface area contributed by atoms with E-state index in [1.165, 1.54) is 0 Å². The molecule has 0 radical (unpaired) electrons. The van der Waals surface area contributed by atoms with Crippen LogP contribution in [0.1, 0.15) is 24.0 Å². The second-order valence-corrected chi connectivity index (χ2v) is 8.11. The number of nitrogens with zero attached hydrogens (tertiary/aromatic N) is 6. The zero-order chi connectivity index (χ0) is 20.0. The molecule has 5 rings (SSSR count). The van der Waals surface area contributed by atoms with Gasteiger partial charge in [-0.15, -0.1) is 10.2 Å². The maximum atomic E-state index is 13.3. The predicted molar refractivity (Wildman–Crippen MR) is 114 cm³/mol. The Hall–Kier alpha value is -3.18. The maximum absolute atomic E-state index is 13.3. The van der Waals surface area contributed by atoms with Crippen molar-refractivity contribution in [3.05, 3.63) is 68.4 Å². The standard InChI is InChI=1S/C21H17BrN6O/c22-16-7-8-18-17(11-16)19(29)27(13-15-5-3-14(12-23)4-6-15)21-25-24-20(28(18)21)26-9-1-2-10-26/h3-8,11H,1-2,9-10,13H2. The van der Waals surface area contributed by atoms with Crippen LogP contribution in [-0.2, 0) is 6.54 Å². The Balaban J connectivity index is 1.76. The zero-order valence-electron chi connectivity index (χ0n) is 15.5. The third-order valence-electron chi connectivity index (χ3n) is 5.36. The SMILES string of the molecule is N#Cc1ccc(Cn2c(=O)c3cc(Br)ccc3n3c(N4CCCC4)nnc23)cc1. The number of hydrogen-bond donors (Lipinski definition) is 0. The molecule has 8 heteroatoms. The summed E-state index contributed by atoms with van der Waals surface area (Å²) in [6.45, 7) is 2.23. The summed E-state index contributed by atoms with van der Waals surface area (Å²) in [5.74, 6) is 1.30. The van der Waals surface area contributed by atoms with Gasteiger partial charge in [0.15, 0.2) is 0 Å². The van der Waals surface area contributed by atoms with Gasteiger partial charge in [-0.2, -0.15) is 5.26 Å². The Bertz CT molecular complexity index is 1330. The predicted octanol–water partition coefficient (Wildman–Crippen LogP) is 3.33. The van der Waals surface area contributed by atoms with E-state index in [2.05, 4.69) is 37.1 Å². The Morgan fingerprint density at radius 1 is 1.07 bits per heavy atom. The van der Waals surface area contributed by atoms with Crippen LogP contribution in [0.4, 0.5) is 5.95 Å². The van der Waals surface area contributed by atoms with Crippen LogP contribution in [0, 0.1) is 11.3 Å². The summed E-state index contributed by atoms with van der Waals surface area (Å²) in [6, 6.07) is 15.1. The van der Waals surface area contributed by atoms with Gasteiger partial charge >= 0.3 is 0 Å². The third-order valence-corrected chi connectivity index (χ3v) is 5.85. The van der Waals surface area contributed by atoms with E-state index in [1.807, 2.05) is 34.7 Å². The smallest absolute Gasteiger partial charge is 0.263 e. The lowest BCUT2D eigenvalue weighted by Crippen LogP contribution is -2.26. The van der Waals surface area contributed by atoms with E-state index < -0.39 is 0 Å². The molecule has 29 heavy (non-hydrogen) atoms. The Morgan fingerprint density at radius 3 is 2.55 bits per heavy atom. The molecular formula is C21H17BrN6O. The van der Waals surface area contributed by atoms with Gasteiger partial charge < -0.3 is 4.90 Å². The minimum absolute atomic E-state index is 0.112. The molecule has 0 spiro atoms. The average Bonchev–Trinajstić information content (AvgIpc) is 3.41. The fourth-order valence-corrected chi connectivity index (χ4v) is 4.26. The molecule has 1 aliphatic rings. The number of hydrogen-bond acceptors (Lipinski definition) is 5. The van der Waals surface area contributed by atoms with Crippen molar-refractivity contribution in [3.8, 4) is 6.07 Å². The van der Waals surface area contributed by atoms with Gasteiger partial charge in [0.25, 0.3) is 5.56 Å². The summed E-state index contributed by atoms with van der Waals surface area (Å²) in [6.07, 6.45) is 2.26. The molecule has 0 amide bonds. The van der Waals surface area contributed by atoms with Crippen molar-refractivity contribution in [2.24, 2.45) is 0 Å². The van der Waals surface area contributed by atoms with Crippen molar-refractivity contribution in [2.75, 3.05) is 18.0 Å². The molecule has 2 aromatic heterocycles. The monoisotopic (exact) mass is 448 g/mol. The first-order valence-electron chi connectivity index (χ1n) is 9.47. The first kappa shape index (κ1) is 17.9. The molecular weight excluding hydrogens is 432 g/mol. The minimum atomic E-state index is -0.112. The molecule has 0 atom stereocenters. The number of nitriles is 1. The van der Waals surface area contributed by atoms with Crippen LogP contribution < -0.4 is 10.5 Å². The normalized spacial score (nSPS) is 14.0. The van der Waals surface area contributed by atoms with Gasteiger partial charge in [0.2, 0.25) is 11.7 Å². The molecule has 2 aromatic carbocycles. The van der Waals surface area contributed by atoms with E-state index in [4.69, 9.17) is 5.26 Å². The second-order valence-electron chi connectivity index (χ2n) is 7.19. The summed E-state index contributed by atoms with van der Waals surface area (Å²) in [5.41, 5.74) is 2.20. The first-order valence-corrected chi connectivity index (χ1v) is 10.3. The topological polar surface area (TPSA) is 79.2 Å². The first-order chi connectivity index (χ1) is 14.2. The van der Waals surface area contributed by atoms with Crippen molar-refractivity contribution in [3.63, 3.8) is 0 Å². The lowest BCUT2D eigenvalue weighted by Gasteiger charge is -2.17. The van der Waals surface area contributed by atoms with Gasteiger partial charge in [0.05, 0.1) is 29.1 Å². The Kier molecular flexibility index (Phi) is 4.32. The Labute approximate surface area is 174 Å². The molecule has 4 aromatic rings. The van der Waals surface area contributed by atoms with E-state index in [-0.39, 0.29) is 5.56 Å². The van der Waals surface area contributed by atoms with E-state index >= 15 is 0 Å². The number of halogens is 1. The van der Waals surface area contributed by atoms with Crippen LogP contribution in [0.5, 0.6) is 0 Å². The van der Waals surface area contributed by atoms with Crippen molar-refractivity contribution >= 4 is 38.6 Å². The maximum Gasteiger partial charge on any atom is 0.263 e. The summed E-state index contributed by atoms with van der Waals surface area (Å²) in [5, 5.41) is 18.5. The molecule has 0 bridgehead atoms. The number of benzene rings is 2. The number of rotatable bonds is 3. The Morgan fingerprint density at radius 2 is 1.83 bits per heavy atom. The molecule has 7 nitrogen and oxygen atoms in total. The lowest BCUT2D eigenvalue weighted by atomic mass is 10.1. The molecule has 1 saturated heterocycles. The van der Waals surface area contributed by atoms with Gasteiger partial charge in [-0.3, -0.25) is 9.36 Å². The fraction of sp³-hybridized carbons (Fsp3) is 0.238. The third kappa shape index (κ3) is 2.98. The van der Waals surface area contributed by atoms with Gasteiger partial charge in [0.1, 0.15) is 0 Å². The summed E-state index contributed by atoms with van der Waals surface area (Å²) in [4.78, 5) is 15.6. The summed E-state index contributed by atoms with van der Waals surface area (Å²) < 4.78 is 4.49. The highest BCUT2D eigenvalue weighted by atomic mass is 79.9. The van der Waals surface area contributed by atoms with E-state index in [0.717, 1.165) is 47.4 Å². The van der Waals surface area contributed by atoms with Crippen LogP contribution in [0.3, 0.4) is 0 Å². The van der Waals surface area contributed by atoms with E-state index in [1.54, 1.807) is 16.7 Å². The molecule has 0 saturated carbocycles. The van der Waals surface area contributed by atoms with Crippen LogP contribution in [0.25, 0.3) is 16.7 Å². The highest BCUT2D eigenvalue weighted by Crippen LogP contribution is 2.25. The molecule has 0 N–H and O–H groups in total. The molecule has 3 heterocycles. The molecule has 0 unspecified atom stereocenters. The van der Waals surface area contributed by atoms with Crippen molar-refractivity contribution in [1.82, 2.24) is 19.2 Å². The number of anilines is 1. The summed E-state index contributed by atoms with van der Waals surface area (Å²) in [7, 11) is 0. The molecule has 1 aliphatic heterocycles. The van der Waals surface area contributed by atoms with E-state index in [9.17, 15) is 4.79 Å². The summed E-state index contributed by atoms with van der Waals surface area (Å²) >= 11 is 3.48. The highest BCUT2D eigenvalue weighted by molar-refractivity contribution is 9.10. The van der Waals surface area contributed by atoms with Crippen LogP contribution >= 0.6 is 15.9 Å². The second kappa shape index (κ2) is 7.01. The van der Waals surface area contributed by atoms with Crippen LogP contribution in [-0.4, -0.2) is 32.3 Å². The fourth-order valence-electron chi connectivity index (χ4n) is 3.90. The quantitative estimate of drug-likeness (QED) is 0.480. The molecule has 0 aliphatic carbocycles. The number of fused-ring (bicyclic) bond motifs is 3. The number of aromatic nitrogens is 4. The van der Waals surface area contributed by atoms with Crippen LogP contribution in [0.2, 0.25) is 0 Å². The zero-order valence-corrected chi connectivity index (χ0v) is 17.1. The molecule has 1 fully saturated rings. The highest BCUT2D eigenvalue weighted by Gasteiger charge is 2.22. The lowest BCUT2D eigenvalue weighted by molar-refractivity contribution is 0.765. The van der Waals surface area contributed by atoms with Gasteiger partial charge in [-0.25, -0.2) is 4.40 Å². The van der Waals surface area contributed by atoms with Crippen LogP contribution in [0.15, 0.2) is 51.7 Å². The van der Waals surface area contributed by atoms with E-state index in [0.29, 0.717) is 23.3 Å². The van der Waals surface area contributed by atoms with Crippen molar-refractivity contribution in [1.29, 1.82) is 5.26 Å². The van der Waals surface area contributed by atoms with Crippen molar-refractivity contribution < 1.29 is 0 Å². The van der Waals surface area contributed by atoms with Gasteiger partial charge in [0, 0.05) is 17.6 Å². The molecule has 144 valence electrons. The van der Waals surface area contributed by atoms with Crippen molar-refractivity contribution in [2.45, 2.75) is 19.4 Å².